The molecule has 2 unspecified atom stereocenters. The first kappa shape index (κ1) is 15.0. The highest BCUT2D eigenvalue weighted by atomic mass is 79.9. The van der Waals surface area contributed by atoms with Crippen molar-refractivity contribution in [1.82, 2.24) is 5.32 Å². The molecule has 0 spiro atoms. The number of benzene rings is 1. The van der Waals surface area contributed by atoms with Gasteiger partial charge in [0.05, 0.1) is 10.5 Å². The van der Waals surface area contributed by atoms with Crippen LogP contribution in [-0.4, -0.2) is 16.9 Å². The number of hydrogen-bond donors (Lipinski definition) is 1. The Morgan fingerprint density at radius 1 is 1.45 bits per heavy atom. The first-order valence-electron chi connectivity index (χ1n) is 6.72. The second-order valence-corrected chi connectivity index (χ2v) is 6.13. The number of nitrogens with zero attached hydrogens (tertiary/aromatic N) is 1. The highest BCUT2D eigenvalue weighted by Crippen LogP contribution is 2.29. The van der Waals surface area contributed by atoms with E-state index < -0.39 is 4.92 Å². The predicted molar refractivity (Wildman–Crippen MR) is 79.7 cm³/mol. The van der Waals surface area contributed by atoms with Crippen LogP contribution in [0.3, 0.4) is 0 Å². The van der Waals surface area contributed by atoms with Crippen LogP contribution in [0.4, 0.5) is 5.69 Å². The molecule has 1 aliphatic rings. The van der Waals surface area contributed by atoms with Crippen LogP contribution in [0.5, 0.6) is 0 Å². The molecule has 1 saturated carbocycles. The van der Waals surface area contributed by atoms with Crippen LogP contribution in [-0.2, 0) is 0 Å². The second kappa shape index (κ2) is 6.35. The van der Waals surface area contributed by atoms with Crippen molar-refractivity contribution >= 4 is 27.5 Å². The maximum absolute atomic E-state index is 12.3. The fraction of sp³-hybridized carbons (Fsp3) is 0.500. The molecule has 108 valence electrons. The molecule has 6 heteroatoms. The van der Waals surface area contributed by atoms with Crippen molar-refractivity contribution in [3.05, 3.63) is 38.3 Å². The van der Waals surface area contributed by atoms with Gasteiger partial charge in [0.1, 0.15) is 4.47 Å². The van der Waals surface area contributed by atoms with Gasteiger partial charge in [-0.1, -0.05) is 25.8 Å². The molecule has 1 N–H and O–H groups in total. The number of nitro groups is 1. The van der Waals surface area contributed by atoms with Crippen molar-refractivity contribution in [2.45, 2.75) is 38.6 Å². The highest BCUT2D eigenvalue weighted by molar-refractivity contribution is 9.10. The van der Waals surface area contributed by atoms with Crippen molar-refractivity contribution in [3.63, 3.8) is 0 Å². The van der Waals surface area contributed by atoms with Crippen LogP contribution in [0.15, 0.2) is 22.7 Å². The summed E-state index contributed by atoms with van der Waals surface area (Å²) < 4.78 is 0.242. The average molecular weight is 341 g/mol. The van der Waals surface area contributed by atoms with Crippen molar-refractivity contribution < 1.29 is 9.72 Å². The third kappa shape index (κ3) is 3.36. The van der Waals surface area contributed by atoms with Gasteiger partial charge in [0.2, 0.25) is 0 Å². The molecular weight excluding hydrogens is 324 g/mol. The van der Waals surface area contributed by atoms with Crippen LogP contribution >= 0.6 is 15.9 Å². The van der Waals surface area contributed by atoms with Crippen LogP contribution in [0.1, 0.15) is 43.0 Å². The zero-order chi connectivity index (χ0) is 14.7. The third-order valence-electron chi connectivity index (χ3n) is 3.69. The molecule has 0 heterocycles. The fourth-order valence-corrected chi connectivity index (χ4v) is 3.25. The van der Waals surface area contributed by atoms with Crippen molar-refractivity contribution in [1.29, 1.82) is 0 Å². The molecule has 0 saturated heterocycles. The molecule has 0 aromatic heterocycles. The van der Waals surface area contributed by atoms with Crippen molar-refractivity contribution in [2.75, 3.05) is 0 Å². The van der Waals surface area contributed by atoms with E-state index in [-0.39, 0.29) is 22.1 Å². The van der Waals surface area contributed by atoms with E-state index in [0.29, 0.717) is 11.5 Å². The summed E-state index contributed by atoms with van der Waals surface area (Å²) in [5.41, 5.74) is 0.229. The first-order valence-corrected chi connectivity index (χ1v) is 7.52. The molecule has 1 aliphatic carbocycles. The molecule has 1 aromatic carbocycles. The van der Waals surface area contributed by atoms with Gasteiger partial charge in [-0.05, 0) is 40.8 Å². The molecule has 1 fully saturated rings. The Labute approximate surface area is 126 Å². The van der Waals surface area contributed by atoms with E-state index in [1.165, 1.54) is 18.6 Å². The van der Waals surface area contributed by atoms with E-state index in [4.69, 9.17) is 0 Å². The molecule has 5 nitrogen and oxygen atoms in total. The molecule has 0 bridgehead atoms. The van der Waals surface area contributed by atoms with Crippen molar-refractivity contribution in [3.8, 4) is 0 Å². The van der Waals surface area contributed by atoms with E-state index >= 15 is 0 Å². The minimum absolute atomic E-state index is 0.0883. The average Bonchev–Trinajstić information content (AvgIpc) is 2.38. The van der Waals surface area contributed by atoms with Gasteiger partial charge in [-0.2, -0.15) is 0 Å². The number of rotatable bonds is 3. The summed E-state index contributed by atoms with van der Waals surface area (Å²) in [6.45, 7) is 2.18. The molecular formula is C14H17BrN2O3. The van der Waals surface area contributed by atoms with E-state index in [1.807, 2.05) is 0 Å². The Hall–Kier alpha value is -1.43. The lowest BCUT2D eigenvalue weighted by Gasteiger charge is -2.27. The maximum Gasteiger partial charge on any atom is 0.284 e. The Kier molecular flexibility index (Phi) is 4.75. The van der Waals surface area contributed by atoms with E-state index in [0.717, 1.165) is 19.3 Å². The summed E-state index contributed by atoms with van der Waals surface area (Å²) in [6.07, 6.45) is 4.26. The quantitative estimate of drug-likeness (QED) is 0.673. The van der Waals surface area contributed by atoms with E-state index in [1.54, 1.807) is 6.07 Å². The molecule has 0 aliphatic heterocycles. The number of carbonyl (C=O) groups is 1. The van der Waals surface area contributed by atoms with Gasteiger partial charge < -0.3 is 5.32 Å². The zero-order valence-corrected chi connectivity index (χ0v) is 12.9. The fourth-order valence-electron chi connectivity index (χ4n) is 2.66. The SMILES string of the molecule is CC1CCCC(NC(=O)c2cccc([N+](=O)[O-])c2Br)C1. The second-order valence-electron chi connectivity index (χ2n) is 5.34. The number of nitrogens with one attached hydrogen (secondary N) is 1. The summed E-state index contributed by atoms with van der Waals surface area (Å²) in [7, 11) is 0. The lowest BCUT2D eigenvalue weighted by molar-refractivity contribution is -0.385. The molecule has 1 amide bonds. The standard InChI is InChI=1S/C14H17BrN2O3/c1-9-4-2-5-10(8-9)16-14(18)11-6-3-7-12(13(11)15)17(19)20/h3,6-7,9-10H,2,4-5,8H2,1H3,(H,16,18). The summed E-state index contributed by atoms with van der Waals surface area (Å²) in [5, 5.41) is 13.9. The number of amides is 1. The normalized spacial score (nSPS) is 22.3. The lowest BCUT2D eigenvalue weighted by atomic mass is 9.87. The summed E-state index contributed by atoms with van der Waals surface area (Å²) in [4.78, 5) is 22.6. The molecule has 2 rings (SSSR count). The Balaban J connectivity index is 2.13. The van der Waals surface area contributed by atoms with Gasteiger partial charge in [0.25, 0.3) is 11.6 Å². The summed E-state index contributed by atoms with van der Waals surface area (Å²) in [5.74, 6) is 0.363. The minimum Gasteiger partial charge on any atom is -0.349 e. The highest BCUT2D eigenvalue weighted by Gasteiger charge is 2.24. The summed E-state index contributed by atoms with van der Waals surface area (Å²) >= 11 is 3.16. The minimum atomic E-state index is -0.496. The number of hydrogen-bond acceptors (Lipinski definition) is 3. The van der Waals surface area contributed by atoms with Gasteiger partial charge in [0.15, 0.2) is 0 Å². The molecule has 1 aromatic rings. The van der Waals surface area contributed by atoms with Crippen LogP contribution < -0.4 is 5.32 Å². The largest absolute Gasteiger partial charge is 0.349 e. The van der Waals surface area contributed by atoms with Gasteiger partial charge in [-0.3, -0.25) is 14.9 Å². The third-order valence-corrected chi connectivity index (χ3v) is 4.52. The van der Waals surface area contributed by atoms with Gasteiger partial charge in [-0.25, -0.2) is 0 Å². The molecule has 2 atom stereocenters. The number of carbonyl (C=O) groups excluding carboxylic acids is 1. The predicted octanol–water partition coefficient (Wildman–Crippen LogP) is 3.67. The Morgan fingerprint density at radius 2 is 2.20 bits per heavy atom. The van der Waals surface area contributed by atoms with Crippen LogP contribution in [0, 0.1) is 16.0 Å². The van der Waals surface area contributed by atoms with E-state index in [2.05, 4.69) is 28.2 Å². The van der Waals surface area contributed by atoms with Crippen LogP contribution in [0.2, 0.25) is 0 Å². The summed E-state index contributed by atoms with van der Waals surface area (Å²) in [6, 6.07) is 4.67. The van der Waals surface area contributed by atoms with Gasteiger partial charge in [-0.15, -0.1) is 0 Å². The number of halogens is 1. The Morgan fingerprint density at radius 3 is 2.85 bits per heavy atom. The van der Waals surface area contributed by atoms with Gasteiger partial charge >= 0.3 is 0 Å². The van der Waals surface area contributed by atoms with Gasteiger partial charge in [0, 0.05) is 12.1 Å². The molecule has 20 heavy (non-hydrogen) atoms. The number of nitro benzene ring substituents is 1. The van der Waals surface area contributed by atoms with E-state index in [9.17, 15) is 14.9 Å². The topological polar surface area (TPSA) is 72.2 Å². The lowest BCUT2D eigenvalue weighted by Crippen LogP contribution is -2.38. The smallest absolute Gasteiger partial charge is 0.284 e. The molecule has 0 radical (unpaired) electrons. The Bertz CT molecular complexity index is 533. The first-order chi connectivity index (χ1) is 9.49. The van der Waals surface area contributed by atoms with Crippen molar-refractivity contribution in [2.24, 2.45) is 5.92 Å². The van der Waals surface area contributed by atoms with Crippen LogP contribution in [0.25, 0.3) is 0 Å². The zero-order valence-electron chi connectivity index (χ0n) is 11.3. The monoisotopic (exact) mass is 340 g/mol. The maximum atomic E-state index is 12.3.